The van der Waals surface area contributed by atoms with Gasteiger partial charge in [0.05, 0.1) is 5.56 Å². The second-order valence-corrected chi connectivity index (χ2v) is 9.71. The number of rotatable bonds is 3. The zero-order valence-electron chi connectivity index (χ0n) is 16.9. The predicted molar refractivity (Wildman–Crippen MR) is 116 cm³/mol. The monoisotopic (exact) mass is 399 g/mol. The van der Waals surface area contributed by atoms with Gasteiger partial charge in [-0.1, -0.05) is 30.3 Å². The third-order valence-corrected chi connectivity index (χ3v) is 7.52. The number of benzene rings is 2. The van der Waals surface area contributed by atoms with Gasteiger partial charge in [0.25, 0.3) is 5.91 Å². The zero-order valence-corrected chi connectivity index (χ0v) is 16.9. The Balaban J connectivity index is 1.25. The van der Waals surface area contributed by atoms with Crippen molar-refractivity contribution in [3.63, 3.8) is 0 Å². The van der Waals surface area contributed by atoms with Crippen molar-refractivity contribution in [1.29, 1.82) is 0 Å². The smallest absolute Gasteiger partial charge is 0.344 e. The molecule has 0 radical (unpaired) electrons. The quantitative estimate of drug-likeness (QED) is 0.619. The third-order valence-electron chi connectivity index (χ3n) is 7.52. The van der Waals surface area contributed by atoms with Crippen LogP contribution in [-0.2, 0) is 0 Å². The molecule has 1 amide bonds. The van der Waals surface area contributed by atoms with Gasteiger partial charge in [-0.2, -0.15) is 0 Å². The van der Waals surface area contributed by atoms with Gasteiger partial charge < -0.3 is 9.73 Å². The Hall–Kier alpha value is -2.88. The Morgan fingerprint density at radius 3 is 2.20 bits per heavy atom. The van der Waals surface area contributed by atoms with Crippen molar-refractivity contribution in [1.82, 2.24) is 5.32 Å². The maximum Gasteiger partial charge on any atom is 0.344 e. The van der Waals surface area contributed by atoms with Gasteiger partial charge >= 0.3 is 5.63 Å². The first-order chi connectivity index (χ1) is 14.6. The molecule has 1 aromatic heterocycles. The van der Waals surface area contributed by atoms with Gasteiger partial charge in [0.1, 0.15) is 5.58 Å². The molecule has 152 valence electrons. The molecule has 30 heavy (non-hydrogen) atoms. The van der Waals surface area contributed by atoms with Crippen LogP contribution >= 0.6 is 0 Å². The maximum atomic E-state index is 13.0. The number of fused-ring (bicyclic) bond motifs is 1. The molecule has 1 N–H and O–H groups in total. The van der Waals surface area contributed by atoms with Crippen molar-refractivity contribution in [3.8, 4) is 11.1 Å². The van der Waals surface area contributed by atoms with Crippen LogP contribution < -0.4 is 10.9 Å². The summed E-state index contributed by atoms with van der Waals surface area (Å²) in [6.07, 6.45) is 7.50. The van der Waals surface area contributed by atoms with E-state index in [2.05, 4.69) is 5.32 Å². The van der Waals surface area contributed by atoms with E-state index in [4.69, 9.17) is 4.42 Å². The first kappa shape index (κ1) is 17.9. The number of hydrogen-bond acceptors (Lipinski definition) is 3. The highest BCUT2D eigenvalue weighted by molar-refractivity contribution is 5.95. The molecule has 4 aliphatic carbocycles. The highest BCUT2D eigenvalue weighted by atomic mass is 16.4. The molecule has 4 bridgehead atoms. The van der Waals surface area contributed by atoms with Crippen LogP contribution in [0.15, 0.2) is 63.8 Å². The van der Waals surface area contributed by atoms with Crippen LogP contribution in [0.4, 0.5) is 0 Å². The van der Waals surface area contributed by atoms with E-state index in [0.29, 0.717) is 16.7 Å². The lowest BCUT2D eigenvalue weighted by Gasteiger charge is -2.56. The number of amides is 1. The summed E-state index contributed by atoms with van der Waals surface area (Å²) in [7, 11) is 0. The summed E-state index contributed by atoms with van der Waals surface area (Å²) in [5.74, 6) is 2.40. The van der Waals surface area contributed by atoms with E-state index < -0.39 is 0 Å². The molecular weight excluding hydrogens is 374 g/mol. The summed E-state index contributed by atoms with van der Waals surface area (Å²) in [4.78, 5) is 25.4. The van der Waals surface area contributed by atoms with Gasteiger partial charge in [-0.05, 0) is 86.1 Å². The van der Waals surface area contributed by atoms with Gasteiger partial charge in [-0.25, -0.2) is 4.79 Å². The molecule has 4 saturated carbocycles. The number of nitrogens with one attached hydrogen (secondary N) is 1. The molecular formula is C26H25NO3. The molecule has 0 unspecified atom stereocenters. The van der Waals surface area contributed by atoms with Crippen molar-refractivity contribution >= 4 is 16.9 Å². The van der Waals surface area contributed by atoms with Crippen molar-refractivity contribution in [2.24, 2.45) is 17.8 Å². The first-order valence-electron chi connectivity index (χ1n) is 11.0. The molecule has 4 fully saturated rings. The molecule has 4 nitrogen and oxygen atoms in total. The summed E-state index contributed by atoms with van der Waals surface area (Å²) >= 11 is 0. The lowest BCUT2D eigenvalue weighted by atomic mass is 9.53. The topological polar surface area (TPSA) is 59.3 Å². The van der Waals surface area contributed by atoms with E-state index >= 15 is 0 Å². The van der Waals surface area contributed by atoms with E-state index in [1.54, 1.807) is 6.07 Å². The molecule has 0 atom stereocenters. The van der Waals surface area contributed by atoms with E-state index in [1.807, 2.05) is 48.5 Å². The minimum Gasteiger partial charge on any atom is -0.422 e. The zero-order chi connectivity index (χ0) is 20.3. The highest BCUT2D eigenvalue weighted by Gasteiger charge is 2.51. The molecule has 7 rings (SSSR count). The van der Waals surface area contributed by atoms with Gasteiger partial charge in [0.2, 0.25) is 0 Å². The Morgan fingerprint density at radius 1 is 0.900 bits per heavy atom. The number of hydrogen-bond donors (Lipinski definition) is 1. The largest absolute Gasteiger partial charge is 0.422 e. The van der Waals surface area contributed by atoms with Crippen LogP contribution in [0.2, 0.25) is 0 Å². The van der Waals surface area contributed by atoms with Gasteiger partial charge in [0.15, 0.2) is 0 Å². The van der Waals surface area contributed by atoms with Crippen LogP contribution in [0.3, 0.4) is 0 Å². The number of carbonyl (C=O) groups excluding carboxylic acids is 1. The normalized spacial score (nSPS) is 29.3. The number of carbonyl (C=O) groups is 1. The minimum atomic E-state index is -0.362. The van der Waals surface area contributed by atoms with Crippen LogP contribution in [0.1, 0.15) is 48.9 Å². The molecule has 0 spiro atoms. The highest BCUT2D eigenvalue weighted by Crippen LogP contribution is 2.55. The molecule has 4 aliphatic rings. The average Bonchev–Trinajstić information content (AvgIpc) is 2.72. The Bertz CT molecular complexity index is 1160. The van der Waals surface area contributed by atoms with Crippen molar-refractivity contribution in [2.45, 2.75) is 44.1 Å². The van der Waals surface area contributed by atoms with Crippen molar-refractivity contribution < 1.29 is 9.21 Å². The first-order valence-corrected chi connectivity index (χ1v) is 11.0. The second kappa shape index (κ2) is 6.56. The standard InChI is InChI=1S/C26H25NO3/c28-24(27-26-13-16-9-17(14-26)11-18(10-16)15-26)20-7-5-19(6-8-20)22-12-21-3-1-2-4-23(21)30-25(22)29/h1-8,12,16-18H,9-11,13-15H2,(H,27,28). The van der Waals surface area contributed by atoms with Crippen LogP contribution in [0.25, 0.3) is 22.1 Å². The lowest BCUT2D eigenvalue weighted by Crippen LogP contribution is -2.59. The summed E-state index contributed by atoms with van der Waals surface area (Å²) in [6, 6.07) is 16.7. The Kier molecular flexibility index (Phi) is 3.92. The Morgan fingerprint density at radius 2 is 1.53 bits per heavy atom. The molecule has 1 heterocycles. The summed E-state index contributed by atoms with van der Waals surface area (Å²) in [5, 5.41) is 4.30. The SMILES string of the molecule is O=C(NC12CC3CC(CC(C3)C1)C2)c1ccc(-c2cc3ccccc3oc2=O)cc1. The fourth-order valence-corrected chi connectivity index (χ4v) is 6.64. The predicted octanol–water partition coefficient (Wildman–Crippen LogP) is 5.16. The van der Waals surface area contributed by atoms with E-state index in [9.17, 15) is 9.59 Å². The maximum absolute atomic E-state index is 13.0. The second-order valence-electron chi connectivity index (χ2n) is 9.71. The van der Waals surface area contributed by atoms with E-state index in [-0.39, 0.29) is 17.1 Å². The fraction of sp³-hybridized carbons (Fsp3) is 0.385. The van der Waals surface area contributed by atoms with Gasteiger partial charge in [0, 0.05) is 16.5 Å². The molecule has 0 aliphatic heterocycles. The fourth-order valence-electron chi connectivity index (χ4n) is 6.64. The van der Waals surface area contributed by atoms with Gasteiger partial charge in [-0.15, -0.1) is 0 Å². The van der Waals surface area contributed by atoms with E-state index in [0.717, 1.165) is 48.0 Å². The summed E-state index contributed by atoms with van der Waals surface area (Å²) in [5.41, 5.74) is 2.16. The molecule has 2 aromatic carbocycles. The van der Waals surface area contributed by atoms with Crippen LogP contribution in [-0.4, -0.2) is 11.4 Å². The van der Waals surface area contributed by atoms with Crippen LogP contribution in [0, 0.1) is 17.8 Å². The van der Waals surface area contributed by atoms with Crippen molar-refractivity contribution in [2.75, 3.05) is 0 Å². The molecule has 0 saturated heterocycles. The lowest BCUT2D eigenvalue weighted by molar-refractivity contribution is -0.0167. The summed E-state index contributed by atoms with van der Waals surface area (Å²) in [6.45, 7) is 0. The van der Waals surface area contributed by atoms with Crippen molar-refractivity contribution in [3.05, 3.63) is 70.6 Å². The number of para-hydroxylation sites is 1. The Labute approximate surface area is 175 Å². The van der Waals surface area contributed by atoms with Crippen LogP contribution in [0.5, 0.6) is 0 Å². The average molecular weight is 399 g/mol. The molecule has 3 aromatic rings. The third kappa shape index (κ3) is 2.97. The molecule has 4 heteroatoms. The summed E-state index contributed by atoms with van der Waals surface area (Å²) < 4.78 is 5.45. The van der Waals surface area contributed by atoms with Gasteiger partial charge in [-0.3, -0.25) is 4.79 Å². The van der Waals surface area contributed by atoms with E-state index in [1.165, 1.54) is 19.3 Å². The minimum absolute atomic E-state index is 0.00389.